The molecule has 1 fully saturated rings. The third-order valence-corrected chi connectivity index (χ3v) is 4.55. The lowest BCUT2D eigenvalue weighted by Crippen LogP contribution is -2.40. The lowest BCUT2D eigenvalue weighted by Gasteiger charge is -2.29. The third-order valence-electron chi connectivity index (χ3n) is 4.55. The minimum atomic E-state index is -0.0597. The van der Waals surface area contributed by atoms with Crippen LogP contribution in [0.3, 0.4) is 0 Å². The molecule has 2 heterocycles. The van der Waals surface area contributed by atoms with E-state index in [9.17, 15) is 4.79 Å². The van der Waals surface area contributed by atoms with E-state index in [-0.39, 0.29) is 12.5 Å². The highest BCUT2D eigenvalue weighted by Gasteiger charge is 2.17. The summed E-state index contributed by atoms with van der Waals surface area (Å²) in [5, 5.41) is 2.97. The van der Waals surface area contributed by atoms with Gasteiger partial charge in [-0.1, -0.05) is 12.1 Å². The molecule has 1 aliphatic heterocycles. The van der Waals surface area contributed by atoms with Crippen molar-refractivity contribution in [1.29, 1.82) is 0 Å². The molecular formula is C18H26N4O2. The summed E-state index contributed by atoms with van der Waals surface area (Å²) in [6.45, 7) is 5.36. The van der Waals surface area contributed by atoms with Gasteiger partial charge in [-0.15, -0.1) is 0 Å². The SMILES string of the molecule is Cc1cccc2[nH]c(COCC(=O)NCC3CCCN(C)C3)nc12. The lowest BCUT2D eigenvalue weighted by molar-refractivity contribution is -0.126. The van der Waals surface area contributed by atoms with Crippen molar-refractivity contribution in [3.05, 3.63) is 29.6 Å². The van der Waals surface area contributed by atoms with E-state index in [4.69, 9.17) is 4.74 Å². The number of aromatic amines is 1. The van der Waals surface area contributed by atoms with Gasteiger partial charge in [0.25, 0.3) is 0 Å². The zero-order chi connectivity index (χ0) is 16.9. The first kappa shape index (κ1) is 16.9. The summed E-state index contributed by atoms with van der Waals surface area (Å²) < 4.78 is 5.50. The quantitative estimate of drug-likeness (QED) is 0.848. The lowest BCUT2D eigenvalue weighted by atomic mass is 9.98. The first-order valence-electron chi connectivity index (χ1n) is 8.59. The Morgan fingerprint density at radius 3 is 3.17 bits per heavy atom. The van der Waals surface area contributed by atoms with E-state index in [1.54, 1.807) is 0 Å². The molecule has 0 spiro atoms. The molecular weight excluding hydrogens is 304 g/mol. The fraction of sp³-hybridized carbons (Fsp3) is 0.556. The van der Waals surface area contributed by atoms with Crippen LogP contribution in [-0.2, 0) is 16.1 Å². The molecule has 2 N–H and O–H groups in total. The molecule has 3 rings (SSSR count). The highest BCUT2D eigenvalue weighted by atomic mass is 16.5. The number of nitrogens with zero attached hydrogens (tertiary/aromatic N) is 2. The molecule has 1 amide bonds. The van der Waals surface area contributed by atoms with Crippen molar-refractivity contribution in [1.82, 2.24) is 20.2 Å². The van der Waals surface area contributed by atoms with Crippen LogP contribution in [-0.4, -0.2) is 54.1 Å². The Balaban J connectivity index is 1.40. The van der Waals surface area contributed by atoms with Gasteiger partial charge in [0, 0.05) is 13.1 Å². The monoisotopic (exact) mass is 330 g/mol. The molecule has 6 heteroatoms. The van der Waals surface area contributed by atoms with Gasteiger partial charge in [0.15, 0.2) is 0 Å². The molecule has 1 saturated heterocycles. The second-order valence-electron chi connectivity index (χ2n) is 6.72. The number of ether oxygens (including phenoxy) is 1. The zero-order valence-electron chi connectivity index (χ0n) is 14.5. The summed E-state index contributed by atoms with van der Waals surface area (Å²) in [7, 11) is 2.13. The number of benzene rings is 1. The van der Waals surface area contributed by atoms with E-state index < -0.39 is 0 Å². The highest BCUT2D eigenvalue weighted by molar-refractivity contribution is 5.78. The number of para-hydroxylation sites is 1. The summed E-state index contributed by atoms with van der Waals surface area (Å²) in [5.41, 5.74) is 3.09. The van der Waals surface area contributed by atoms with Crippen LogP contribution < -0.4 is 5.32 Å². The van der Waals surface area contributed by atoms with Crippen molar-refractivity contribution in [2.45, 2.75) is 26.4 Å². The number of hydrogen-bond donors (Lipinski definition) is 2. The number of rotatable bonds is 6. The number of fused-ring (bicyclic) bond motifs is 1. The molecule has 2 aromatic rings. The van der Waals surface area contributed by atoms with E-state index in [1.807, 2.05) is 25.1 Å². The van der Waals surface area contributed by atoms with Gasteiger partial charge in [-0.25, -0.2) is 4.98 Å². The van der Waals surface area contributed by atoms with Crippen molar-refractivity contribution in [3.8, 4) is 0 Å². The van der Waals surface area contributed by atoms with Crippen LogP contribution in [0.5, 0.6) is 0 Å². The predicted molar refractivity (Wildman–Crippen MR) is 93.7 cm³/mol. The van der Waals surface area contributed by atoms with E-state index in [1.165, 1.54) is 12.8 Å². The second-order valence-corrected chi connectivity index (χ2v) is 6.72. The molecule has 0 aliphatic carbocycles. The number of aromatic nitrogens is 2. The van der Waals surface area contributed by atoms with Gasteiger partial charge in [-0.2, -0.15) is 0 Å². The first-order chi connectivity index (χ1) is 11.6. The number of H-pyrrole nitrogens is 1. The summed E-state index contributed by atoms with van der Waals surface area (Å²) in [4.78, 5) is 22.0. The molecule has 1 aliphatic rings. The average molecular weight is 330 g/mol. The maximum atomic E-state index is 11.9. The van der Waals surface area contributed by atoms with Gasteiger partial charge in [-0.05, 0) is 50.9 Å². The van der Waals surface area contributed by atoms with Crippen LogP contribution in [0, 0.1) is 12.8 Å². The summed E-state index contributed by atoms with van der Waals surface area (Å²) in [5.74, 6) is 1.24. The van der Waals surface area contributed by atoms with Crippen LogP contribution in [0.2, 0.25) is 0 Å². The van der Waals surface area contributed by atoms with Gasteiger partial charge in [0.2, 0.25) is 5.91 Å². The standard InChI is InChI=1S/C18H26N4O2/c1-13-5-3-7-15-18(13)21-16(20-15)11-24-12-17(23)19-9-14-6-4-8-22(2)10-14/h3,5,7,14H,4,6,8-12H2,1-2H3,(H,19,23)(H,20,21). The maximum absolute atomic E-state index is 11.9. The number of carbonyl (C=O) groups excluding carboxylic acids is 1. The van der Waals surface area contributed by atoms with Crippen LogP contribution in [0.25, 0.3) is 11.0 Å². The molecule has 0 radical (unpaired) electrons. The number of likely N-dealkylation sites (tertiary alicyclic amines) is 1. The molecule has 1 atom stereocenters. The van der Waals surface area contributed by atoms with Crippen LogP contribution in [0.1, 0.15) is 24.2 Å². The third kappa shape index (κ3) is 4.33. The Morgan fingerprint density at radius 1 is 1.50 bits per heavy atom. The minimum Gasteiger partial charge on any atom is -0.364 e. The molecule has 24 heavy (non-hydrogen) atoms. The second kappa shape index (κ2) is 7.77. The Kier molecular flexibility index (Phi) is 5.48. The molecule has 0 saturated carbocycles. The van der Waals surface area contributed by atoms with Crippen molar-refractivity contribution in [2.24, 2.45) is 5.92 Å². The number of amides is 1. The van der Waals surface area contributed by atoms with E-state index in [0.29, 0.717) is 12.5 Å². The zero-order valence-corrected chi connectivity index (χ0v) is 14.5. The average Bonchev–Trinajstić information content (AvgIpc) is 2.97. The largest absolute Gasteiger partial charge is 0.364 e. The summed E-state index contributed by atoms with van der Waals surface area (Å²) in [6, 6.07) is 6.02. The van der Waals surface area contributed by atoms with E-state index in [0.717, 1.165) is 42.1 Å². The maximum Gasteiger partial charge on any atom is 0.246 e. The van der Waals surface area contributed by atoms with Gasteiger partial charge >= 0.3 is 0 Å². The Labute approximate surface area is 142 Å². The first-order valence-corrected chi connectivity index (χ1v) is 8.59. The summed E-state index contributed by atoms with van der Waals surface area (Å²) >= 11 is 0. The van der Waals surface area contributed by atoms with Crippen molar-refractivity contribution in [2.75, 3.05) is 33.3 Å². The Morgan fingerprint density at radius 2 is 2.38 bits per heavy atom. The number of piperidine rings is 1. The van der Waals surface area contributed by atoms with Crippen LogP contribution in [0.15, 0.2) is 18.2 Å². The van der Waals surface area contributed by atoms with Crippen LogP contribution >= 0.6 is 0 Å². The predicted octanol–water partition coefficient (Wildman–Crippen LogP) is 1.85. The van der Waals surface area contributed by atoms with Crippen LogP contribution in [0.4, 0.5) is 0 Å². The molecule has 130 valence electrons. The van der Waals surface area contributed by atoms with Crippen molar-refractivity contribution >= 4 is 16.9 Å². The van der Waals surface area contributed by atoms with Gasteiger partial charge in [0.05, 0.1) is 11.0 Å². The van der Waals surface area contributed by atoms with Gasteiger partial charge < -0.3 is 19.9 Å². The molecule has 1 unspecified atom stereocenters. The smallest absolute Gasteiger partial charge is 0.246 e. The number of aryl methyl sites for hydroxylation is 1. The molecule has 1 aromatic heterocycles. The van der Waals surface area contributed by atoms with Gasteiger partial charge in [-0.3, -0.25) is 4.79 Å². The fourth-order valence-corrected chi connectivity index (χ4v) is 3.28. The number of imidazole rings is 1. The minimum absolute atomic E-state index is 0.0597. The number of carbonyl (C=O) groups is 1. The molecule has 0 bridgehead atoms. The summed E-state index contributed by atoms with van der Waals surface area (Å²) in [6.07, 6.45) is 2.39. The van der Waals surface area contributed by atoms with E-state index >= 15 is 0 Å². The van der Waals surface area contributed by atoms with E-state index in [2.05, 4.69) is 27.2 Å². The number of hydrogen-bond acceptors (Lipinski definition) is 4. The highest BCUT2D eigenvalue weighted by Crippen LogP contribution is 2.16. The van der Waals surface area contributed by atoms with Crippen molar-refractivity contribution < 1.29 is 9.53 Å². The topological polar surface area (TPSA) is 70.2 Å². The fourth-order valence-electron chi connectivity index (χ4n) is 3.28. The Hall–Kier alpha value is -1.92. The Bertz CT molecular complexity index is 697. The van der Waals surface area contributed by atoms with Crippen molar-refractivity contribution in [3.63, 3.8) is 0 Å². The molecule has 1 aromatic carbocycles. The normalized spacial score (nSPS) is 18.8. The molecule has 6 nitrogen and oxygen atoms in total. The number of nitrogens with one attached hydrogen (secondary N) is 2. The van der Waals surface area contributed by atoms with Gasteiger partial charge in [0.1, 0.15) is 19.0 Å².